The quantitative estimate of drug-likeness (QED) is 0.703. The van der Waals surface area contributed by atoms with Gasteiger partial charge in [-0.05, 0) is 33.2 Å². The fraction of sp³-hybridized carbons (Fsp3) is 1.00. The van der Waals surface area contributed by atoms with Gasteiger partial charge in [-0.1, -0.05) is 6.92 Å². The highest BCUT2D eigenvalue weighted by molar-refractivity contribution is 4.85. The molecule has 0 spiro atoms. The SMILES string of the molecule is CNC1CCN(C(C)C(C)O)CC1C. The number of rotatable bonds is 3. The highest BCUT2D eigenvalue weighted by Crippen LogP contribution is 2.19. The van der Waals surface area contributed by atoms with Crippen LogP contribution in [-0.2, 0) is 0 Å². The van der Waals surface area contributed by atoms with Crippen LogP contribution in [0.1, 0.15) is 27.2 Å². The van der Waals surface area contributed by atoms with Gasteiger partial charge in [0.05, 0.1) is 6.10 Å². The average molecular weight is 200 g/mol. The van der Waals surface area contributed by atoms with Crippen LogP contribution in [0.5, 0.6) is 0 Å². The first-order chi connectivity index (χ1) is 6.56. The molecule has 0 aromatic carbocycles. The maximum absolute atomic E-state index is 9.53. The molecule has 3 heteroatoms. The zero-order valence-electron chi connectivity index (χ0n) is 9.83. The third-order valence-electron chi connectivity index (χ3n) is 3.58. The molecule has 14 heavy (non-hydrogen) atoms. The Bertz CT molecular complexity index is 173. The molecule has 1 rings (SSSR count). The van der Waals surface area contributed by atoms with Crippen molar-refractivity contribution in [2.24, 2.45) is 5.92 Å². The molecule has 4 atom stereocenters. The number of hydrogen-bond donors (Lipinski definition) is 2. The summed E-state index contributed by atoms with van der Waals surface area (Å²) in [7, 11) is 2.04. The number of hydrogen-bond acceptors (Lipinski definition) is 3. The van der Waals surface area contributed by atoms with Crippen molar-refractivity contribution in [2.45, 2.75) is 45.4 Å². The lowest BCUT2D eigenvalue weighted by Crippen LogP contribution is -2.52. The van der Waals surface area contributed by atoms with Crippen LogP contribution < -0.4 is 5.32 Å². The maximum atomic E-state index is 9.53. The predicted molar refractivity (Wildman–Crippen MR) is 59.3 cm³/mol. The molecule has 0 bridgehead atoms. The fourth-order valence-electron chi connectivity index (χ4n) is 2.28. The molecular weight excluding hydrogens is 176 g/mol. The summed E-state index contributed by atoms with van der Waals surface area (Å²) in [6.07, 6.45) is 0.961. The first kappa shape index (κ1) is 12.0. The van der Waals surface area contributed by atoms with E-state index in [1.165, 1.54) is 6.42 Å². The van der Waals surface area contributed by atoms with Crippen molar-refractivity contribution < 1.29 is 5.11 Å². The van der Waals surface area contributed by atoms with Crippen LogP contribution >= 0.6 is 0 Å². The van der Waals surface area contributed by atoms with Crippen LogP contribution in [-0.4, -0.2) is 48.3 Å². The van der Waals surface area contributed by atoms with Crippen LogP contribution in [0.15, 0.2) is 0 Å². The molecule has 1 heterocycles. The predicted octanol–water partition coefficient (Wildman–Crippen LogP) is 0.685. The lowest BCUT2D eigenvalue weighted by atomic mass is 9.92. The fourth-order valence-corrected chi connectivity index (χ4v) is 2.28. The molecule has 1 saturated heterocycles. The van der Waals surface area contributed by atoms with Crippen LogP contribution in [0.3, 0.4) is 0 Å². The molecule has 3 nitrogen and oxygen atoms in total. The van der Waals surface area contributed by atoms with Gasteiger partial charge in [-0.2, -0.15) is 0 Å². The number of nitrogens with one attached hydrogen (secondary N) is 1. The van der Waals surface area contributed by atoms with Crippen LogP contribution in [0.4, 0.5) is 0 Å². The summed E-state index contributed by atoms with van der Waals surface area (Å²) < 4.78 is 0. The van der Waals surface area contributed by atoms with Gasteiger partial charge in [-0.3, -0.25) is 4.90 Å². The zero-order chi connectivity index (χ0) is 10.7. The van der Waals surface area contributed by atoms with E-state index >= 15 is 0 Å². The molecule has 0 aromatic rings. The standard InChI is InChI=1S/C11H24N2O/c1-8-7-13(9(2)10(3)14)6-5-11(8)12-4/h8-12,14H,5-7H2,1-4H3. The van der Waals surface area contributed by atoms with E-state index in [0.717, 1.165) is 13.1 Å². The smallest absolute Gasteiger partial charge is 0.0664 e. The monoisotopic (exact) mass is 200 g/mol. The molecule has 84 valence electrons. The maximum Gasteiger partial charge on any atom is 0.0664 e. The highest BCUT2D eigenvalue weighted by Gasteiger charge is 2.28. The summed E-state index contributed by atoms with van der Waals surface area (Å²) >= 11 is 0. The van der Waals surface area contributed by atoms with Gasteiger partial charge in [0.1, 0.15) is 0 Å². The normalized spacial score (nSPS) is 34.1. The minimum atomic E-state index is -0.228. The second-order valence-electron chi connectivity index (χ2n) is 4.64. The Morgan fingerprint density at radius 2 is 2.07 bits per heavy atom. The summed E-state index contributed by atoms with van der Waals surface area (Å²) in [6.45, 7) is 8.46. The lowest BCUT2D eigenvalue weighted by Gasteiger charge is -2.40. The summed E-state index contributed by atoms with van der Waals surface area (Å²) in [5.41, 5.74) is 0. The Morgan fingerprint density at radius 3 is 2.50 bits per heavy atom. The second kappa shape index (κ2) is 5.10. The highest BCUT2D eigenvalue weighted by atomic mass is 16.3. The third kappa shape index (κ3) is 2.69. The Hall–Kier alpha value is -0.120. The average Bonchev–Trinajstić information content (AvgIpc) is 2.16. The molecule has 0 aromatic heterocycles. The van der Waals surface area contributed by atoms with E-state index in [-0.39, 0.29) is 12.1 Å². The van der Waals surface area contributed by atoms with Gasteiger partial charge in [0, 0.05) is 25.2 Å². The molecule has 1 aliphatic rings. The number of aliphatic hydroxyl groups is 1. The van der Waals surface area contributed by atoms with E-state index in [9.17, 15) is 5.11 Å². The van der Waals surface area contributed by atoms with Gasteiger partial charge in [-0.15, -0.1) is 0 Å². The Kier molecular flexibility index (Phi) is 4.35. The number of piperidine rings is 1. The summed E-state index contributed by atoms with van der Waals surface area (Å²) in [5.74, 6) is 0.676. The van der Waals surface area contributed by atoms with E-state index in [4.69, 9.17) is 0 Å². The van der Waals surface area contributed by atoms with Gasteiger partial charge in [0.25, 0.3) is 0 Å². The topological polar surface area (TPSA) is 35.5 Å². The van der Waals surface area contributed by atoms with Crippen LogP contribution in [0.25, 0.3) is 0 Å². The van der Waals surface area contributed by atoms with Gasteiger partial charge < -0.3 is 10.4 Å². The second-order valence-corrected chi connectivity index (χ2v) is 4.64. The number of nitrogens with zero attached hydrogens (tertiary/aromatic N) is 1. The van der Waals surface area contributed by atoms with Crippen molar-refractivity contribution >= 4 is 0 Å². The van der Waals surface area contributed by atoms with E-state index in [0.29, 0.717) is 12.0 Å². The minimum absolute atomic E-state index is 0.228. The third-order valence-corrected chi connectivity index (χ3v) is 3.58. The Labute approximate surface area is 87.5 Å². The Balaban J connectivity index is 2.46. The molecule has 0 aliphatic carbocycles. The first-order valence-electron chi connectivity index (χ1n) is 5.65. The lowest BCUT2D eigenvalue weighted by molar-refractivity contribution is 0.0370. The van der Waals surface area contributed by atoms with E-state index in [1.54, 1.807) is 0 Å². The molecule has 0 saturated carbocycles. The molecule has 0 radical (unpaired) electrons. The number of aliphatic hydroxyl groups excluding tert-OH is 1. The van der Waals surface area contributed by atoms with Crippen molar-refractivity contribution in [1.82, 2.24) is 10.2 Å². The zero-order valence-corrected chi connectivity index (χ0v) is 9.83. The van der Waals surface area contributed by atoms with E-state index < -0.39 is 0 Å². The molecule has 1 aliphatic heterocycles. The van der Waals surface area contributed by atoms with E-state index in [2.05, 4.69) is 24.1 Å². The Morgan fingerprint density at radius 1 is 1.43 bits per heavy atom. The molecule has 4 unspecified atom stereocenters. The molecular formula is C11H24N2O. The molecule has 1 fully saturated rings. The van der Waals surface area contributed by atoms with Gasteiger partial charge in [-0.25, -0.2) is 0 Å². The largest absolute Gasteiger partial charge is 0.392 e. The van der Waals surface area contributed by atoms with Crippen LogP contribution in [0, 0.1) is 5.92 Å². The molecule has 0 amide bonds. The van der Waals surface area contributed by atoms with Gasteiger partial charge in [0.15, 0.2) is 0 Å². The molecule has 2 N–H and O–H groups in total. The van der Waals surface area contributed by atoms with Crippen molar-refractivity contribution in [3.63, 3.8) is 0 Å². The summed E-state index contributed by atoms with van der Waals surface area (Å²) in [4.78, 5) is 2.39. The van der Waals surface area contributed by atoms with Crippen LogP contribution in [0.2, 0.25) is 0 Å². The van der Waals surface area contributed by atoms with E-state index in [1.807, 2.05) is 14.0 Å². The minimum Gasteiger partial charge on any atom is -0.392 e. The van der Waals surface area contributed by atoms with Crippen molar-refractivity contribution in [1.29, 1.82) is 0 Å². The van der Waals surface area contributed by atoms with Crippen molar-refractivity contribution in [3.8, 4) is 0 Å². The van der Waals surface area contributed by atoms with Crippen molar-refractivity contribution in [3.05, 3.63) is 0 Å². The van der Waals surface area contributed by atoms with Gasteiger partial charge in [0.2, 0.25) is 0 Å². The van der Waals surface area contributed by atoms with Gasteiger partial charge >= 0.3 is 0 Å². The summed E-state index contributed by atoms with van der Waals surface area (Å²) in [6, 6.07) is 0.933. The summed E-state index contributed by atoms with van der Waals surface area (Å²) in [5, 5.41) is 12.9. The van der Waals surface area contributed by atoms with Crippen molar-refractivity contribution in [2.75, 3.05) is 20.1 Å². The number of likely N-dealkylation sites (tertiary alicyclic amines) is 1. The first-order valence-corrected chi connectivity index (χ1v) is 5.65.